The van der Waals surface area contributed by atoms with Crippen LogP contribution in [0, 0.1) is 10.1 Å². The average Bonchev–Trinajstić information content (AvgIpc) is 2.35. The van der Waals surface area contributed by atoms with Crippen molar-refractivity contribution in [2.45, 2.75) is 9.92 Å². The second-order valence-corrected chi connectivity index (χ2v) is 5.03. The highest BCUT2D eigenvalue weighted by atomic mass is 79.9. The smallest absolute Gasteiger partial charge is 0.283 e. The second-order valence-electron chi connectivity index (χ2n) is 3.20. The Hall–Kier alpha value is -1.67. The topological polar surface area (TPSA) is 94.9 Å². The largest absolute Gasteiger partial charge is 0.383 e. The van der Waals surface area contributed by atoms with Gasteiger partial charge in [-0.3, -0.25) is 10.1 Å². The fraction of sp³-hybridized carbons (Fsp3) is 0. The number of para-hydroxylation sites is 1. The van der Waals surface area contributed by atoms with E-state index in [2.05, 4.69) is 25.9 Å². The SMILES string of the molecule is Nc1ncnc(Sc2ccccc2[N+](=O)[O-])c1Br. The predicted molar refractivity (Wildman–Crippen MR) is 71.4 cm³/mol. The zero-order valence-corrected chi connectivity index (χ0v) is 11.3. The van der Waals surface area contributed by atoms with Crippen molar-refractivity contribution >= 4 is 39.2 Å². The van der Waals surface area contributed by atoms with Crippen molar-refractivity contribution in [3.63, 3.8) is 0 Å². The number of aromatic nitrogens is 2. The quantitative estimate of drug-likeness (QED) is 0.529. The van der Waals surface area contributed by atoms with Crippen LogP contribution in [0.5, 0.6) is 0 Å². The maximum atomic E-state index is 10.9. The highest BCUT2D eigenvalue weighted by Gasteiger charge is 2.16. The van der Waals surface area contributed by atoms with E-state index in [1.54, 1.807) is 18.2 Å². The molecule has 1 heterocycles. The third kappa shape index (κ3) is 2.59. The van der Waals surface area contributed by atoms with E-state index in [0.717, 1.165) is 11.8 Å². The van der Waals surface area contributed by atoms with Gasteiger partial charge in [-0.2, -0.15) is 0 Å². The molecule has 0 amide bonds. The first-order valence-corrected chi connectivity index (χ1v) is 6.38. The Morgan fingerprint density at radius 3 is 2.78 bits per heavy atom. The molecule has 0 aliphatic rings. The van der Waals surface area contributed by atoms with Gasteiger partial charge in [0.2, 0.25) is 0 Å². The molecule has 0 atom stereocenters. The Labute approximate surface area is 115 Å². The summed E-state index contributed by atoms with van der Waals surface area (Å²) in [5, 5.41) is 11.4. The molecule has 0 spiro atoms. The minimum Gasteiger partial charge on any atom is -0.383 e. The third-order valence-electron chi connectivity index (χ3n) is 2.05. The van der Waals surface area contributed by atoms with Crippen LogP contribution < -0.4 is 5.73 Å². The molecule has 1 aromatic carbocycles. The summed E-state index contributed by atoms with van der Waals surface area (Å²) in [6.45, 7) is 0. The average molecular weight is 327 g/mol. The number of nitrogens with zero attached hydrogens (tertiary/aromatic N) is 3. The molecule has 2 aromatic rings. The van der Waals surface area contributed by atoms with Crippen molar-refractivity contribution in [3.05, 3.63) is 45.2 Å². The number of nitro benzene ring substituents is 1. The molecule has 0 saturated carbocycles. The molecule has 6 nitrogen and oxygen atoms in total. The lowest BCUT2D eigenvalue weighted by Gasteiger charge is -2.04. The molecule has 2 N–H and O–H groups in total. The Bertz CT molecular complexity index is 608. The number of nitro groups is 1. The Kier molecular flexibility index (Phi) is 3.78. The monoisotopic (exact) mass is 326 g/mol. The molecule has 92 valence electrons. The van der Waals surface area contributed by atoms with Gasteiger partial charge in [-0.15, -0.1) is 0 Å². The highest BCUT2D eigenvalue weighted by Crippen LogP contribution is 2.37. The number of nitrogen functional groups attached to an aromatic ring is 1. The van der Waals surface area contributed by atoms with Gasteiger partial charge < -0.3 is 5.73 Å². The van der Waals surface area contributed by atoms with Crippen LogP contribution in [0.3, 0.4) is 0 Å². The molecule has 1 aromatic heterocycles. The summed E-state index contributed by atoms with van der Waals surface area (Å²) in [6.07, 6.45) is 1.32. The molecule has 2 rings (SSSR count). The number of hydrogen-bond donors (Lipinski definition) is 1. The molecule has 8 heteroatoms. The van der Waals surface area contributed by atoms with Gasteiger partial charge in [0.15, 0.2) is 0 Å². The van der Waals surface area contributed by atoms with Crippen molar-refractivity contribution in [1.82, 2.24) is 9.97 Å². The number of halogens is 1. The minimum absolute atomic E-state index is 0.0339. The van der Waals surface area contributed by atoms with E-state index >= 15 is 0 Å². The molecule has 0 aliphatic carbocycles. The van der Waals surface area contributed by atoms with Crippen molar-refractivity contribution < 1.29 is 4.92 Å². The van der Waals surface area contributed by atoms with Crippen LogP contribution in [0.2, 0.25) is 0 Å². The lowest BCUT2D eigenvalue weighted by atomic mass is 10.3. The lowest BCUT2D eigenvalue weighted by Crippen LogP contribution is -1.95. The Morgan fingerprint density at radius 1 is 1.33 bits per heavy atom. The number of hydrogen-bond acceptors (Lipinski definition) is 6. The van der Waals surface area contributed by atoms with E-state index < -0.39 is 4.92 Å². The summed E-state index contributed by atoms with van der Waals surface area (Å²) in [7, 11) is 0. The predicted octanol–water partition coefficient (Wildman–Crippen LogP) is 2.88. The van der Waals surface area contributed by atoms with E-state index in [0.29, 0.717) is 20.2 Å². The Morgan fingerprint density at radius 2 is 2.06 bits per heavy atom. The first-order chi connectivity index (χ1) is 8.59. The summed E-state index contributed by atoms with van der Waals surface area (Å²) in [5.41, 5.74) is 5.66. The molecule has 0 radical (unpaired) electrons. The van der Waals surface area contributed by atoms with E-state index in [1.807, 2.05) is 0 Å². The van der Waals surface area contributed by atoms with Crippen molar-refractivity contribution in [1.29, 1.82) is 0 Å². The maximum absolute atomic E-state index is 10.9. The van der Waals surface area contributed by atoms with E-state index in [-0.39, 0.29) is 5.69 Å². The molecule has 18 heavy (non-hydrogen) atoms. The number of anilines is 1. The van der Waals surface area contributed by atoms with Crippen LogP contribution in [-0.4, -0.2) is 14.9 Å². The van der Waals surface area contributed by atoms with Crippen molar-refractivity contribution in [3.8, 4) is 0 Å². The van der Waals surface area contributed by atoms with Gasteiger partial charge in [0.25, 0.3) is 5.69 Å². The van der Waals surface area contributed by atoms with Crippen LogP contribution >= 0.6 is 27.7 Å². The van der Waals surface area contributed by atoms with Crippen LogP contribution in [0.25, 0.3) is 0 Å². The third-order valence-corrected chi connectivity index (χ3v) is 4.17. The van der Waals surface area contributed by atoms with E-state index in [1.165, 1.54) is 12.4 Å². The van der Waals surface area contributed by atoms with Crippen LogP contribution in [0.4, 0.5) is 11.5 Å². The van der Waals surface area contributed by atoms with Crippen molar-refractivity contribution in [2.24, 2.45) is 0 Å². The van der Waals surface area contributed by atoms with Gasteiger partial charge in [0, 0.05) is 6.07 Å². The van der Waals surface area contributed by atoms with E-state index in [9.17, 15) is 10.1 Å². The first-order valence-electron chi connectivity index (χ1n) is 4.77. The molecule has 0 saturated heterocycles. The fourth-order valence-corrected chi connectivity index (χ4v) is 2.58. The molecular formula is C10H7BrN4O2S. The summed E-state index contributed by atoms with van der Waals surface area (Å²) in [6, 6.07) is 6.45. The van der Waals surface area contributed by atoms with Gasteiger partial charge in [0.05, 0.1) is 14.3 Å². The van der Waals surface area contributed by atoms with Gasteiger partial charge in [0.1, 0.15) is 17.2 Å². The molecule has 0 unspecified atom stereocenters. The van der Waals surface area contributed by atoms with Crippen LogP contribution in [0.1, 0.15) is 0 Å². The minimum atomic E-state index is -0.430. The number of nitrogens with two attached hydrogens (primary N) is 1. The van der Waals surface area contributed by atoms with Crippen LogP contribution in [-0.2, 0) is 0 Å². The maximum Gasteiger partial charge on any atom is 0.283 e. The van der Waals surface area contributed by atoms with Gasteiger partial charge >= 0.3 is 0 Å². The summed E-state index contributed by atoms with van der Waals surface area (Å²) in [5.74, 6) is 0.297. The molecule has 0 fully saturated rings. The lowest BCUT2D eigenvalue weighted by molar-refractivity contribution is -0.387. The van der Waals surface area contributed by atoms with Gasteiger partial charge in [-0.25, -0.2) is 9.97 Å². The number of benzene rings is 1. The zero-order valence-electron chi connectivity index (χ0n) is 8.91. The summed E-state index contributed by atoms with van der Waals surface area (Å²) >= 11 is 4.42. The number of rotatable bonds is 3. The standard InChI is InChI=1S/C10H7BrN4O2S/c11-8-9(12)13-5-14-10(8)18-7-4-2-1-3-6(7)15(16)17/h1-5H,(H2,12,13,14). The molecule has 0 aliphatic heterocycles. The molecular weight excluding hydrogens is 320 g/mol. The van der Waals surface area contributed by atoms with Gasteiger partial charge in [-0.1, -0.05) is 23.9 Å². The Balaban J connectivity index is 2.40. The van der Waals surface area contributed by atoms with Gasteiger partial charge in [-0.05, 0) is 22.0 Å². The fourth-order valence-electron chi connectivity index (χ4n) is 1.24. The van der Waals surface area contributed by atoms with Crippen molar-refractivity contribution in [2.75, 3.05) is 5.73 Å². The zero-order chi connectivity index (χ0) is 13.1. The normalized spacial score (nSPS) is 10.3. The van der Waals surface area contributed by atoms with E-state index in [4.69, 9.17) is 5.73 Å². The first kappa shape index (κ1) is 12.8. The summed E-state index contributed by atoms with van der Waals surface area (Å²) in [4.78, 5) is 18.8. The second kappa shape index (κ2) is 5.32. The van der Waals surface area contributed by atoms with Crippen LogP contribution in [0.15, 0.2) is 45.0 Å². The molecule has 0 bridgehead atoms. The summed E-state index contributed by atoms with van der Waals surface area (Å²) < 4.78 is 0.535. The highest BCUT2D eigenvalue weighted by molar-refractivity contribution is 9.10.